The predicted octanol–water partition coefficient (Wildman–Crippen LogP) is 7.74. The molecular formula is C39H59N3O7. The number of aromatic carboxylic acids is 1. The number of carbonyl (C=O) groups is 6. The van der Waals surface area contributed by atoms with Crippen molar-refractivity contribution in [3.8, 4) is 0 Å². The maximum absolute atomic E-state index is 11.7. The predicted molar refractivity (Wildman–Crippen MR) is 201 cm³/mol. The van der Waals surface area contributed by atoms with E-state index in [-0.39, 0.29) is 64.6 Å². The molecule has 10 heteroatoms. The fourth-order valence-electron chi connectivity index (χ4n) is 4.02. The summed E-state index contributed by atoms with van der Waals surface area (Å²) in [5, 5.41) is 8.83. The summed E-state index contributed by atoms with van der Waals surface area (Å²) < 4.78 is 0. The topological polar surface area (TPSA) is 132 Å². The molecule has 3 aromatic carbocycles. The number of carboxylic acid groups (broad SMARTS) is 1. The minimum Gasteiger partial charge on any atom is -0.478 e. The molecule has 0 aliphatic rings. The van der Waals surface area contributed by atoms with Crippen molar-refractivity contribution in [2.45, 2.75) is 64.3 Å². The second kappa shape index (κ2) is 22.4. The lowest BCUT2D eigenvalue weighted by Crippen LogP contribution is -2.22. The van der Waals surface area contributed by atoms with Gasteiger partial charge in [0.2, 0.25) is 0 Å². The summed E-state index contributed by atoms with van der Waals surface area (Å²) in [6.45, 7) is 8.51. The highest BCUT2D eigenvalue weighted by atomic mass is 16.4. The summed E-state index contributed by atoms with van der Waals surface area (Å²) in [5.41, 5.74) is 5.44. The molecule has 0 saturated heterocycles. The summed E-state index contributed by atoms with van der Waals surface area (Å²) in [6.07, 6.45) is 0. The molecule has 0 heterocycles. The van der Waals surface area contributed by atoms with Gasteiger partial charge in [-0.1, -0.05) is 29.7 Å². The SMILES string of the molecule is C.C.C.C.CC(=O)c1cc(C)cc(C(=O)N(C)C)c1.CC(=O)c1cc(C)cc(C(=O)N(C)C)c1.Cc1cc(C(=O)O)cc(C(=O)N(C)C)c1. The molecule has 0 aromatic heterocycles. The lowest BCUT2D eigenvalue weighted by atomic mass is 10.0. The molecule has 0 atom stereocenters. The van der Waals surface area contributed by atoms with Gasteiger partial charge in [-0.05, 0) is 106 Å². The van der Waals surface area contributed by atoms with Gasteiger partial charge in [0.25, 0.3) is 17.7 Å². The average Bonchev–Trinajstić information content (AvgIpc) is 2.95. The van der Waals surface area contributed by atoms with Crippen molar-refractivity contribution in [3.63, 3.8) is 0 Å². The van der Waals surface area contributed by atoms with E-state index in [1.54, 1.807) is 91.7 Å². The molecule has 0 saturated carbocycles. The summed E-state index contributed by atoms with van der Waals surface area (Å²) in [7, 11) is 10.0. The Labute approximate surface area is 294 Å². The number of hydrogen-bond acceptors (Lipinski definition) is 6. The molecule has 0 fully saturated rings. The second-order valence-electron chi connectivity index (χ2n) is 11.3. The average molecular weight is 682 g/mol. The molecule has 10 nitrogen and oxygen atoms in total. The van der Waals surface area contributed by atoms with Crippen molar-refractivity contribution in [2.24, 2.45) is 0 Å². The third-order valence-electron chi connectivity index (χ3n) is 6.25. The Balaban J connectivity index is -0.000000298. The molecule has 0 spiro atoms. The first kappa shape index (κ1) is 50.7. The van der Waals surface area contributed by atoms with E-state index in [0.717, 1.165) is 16.7 Å². The van der Waals surface area contributed by atoms with Gasteiger partial charge in [0.1, 0.15) is 0 Å². The maximum atomic E-state index is 11.7. The lowest BCUT2D eigenvalue weighted by Gasteiger charge is -2.11. The van der Waals surface area contributed by atoms with Gasteiger partial charge in [0.05, 0.1) is 5.56 Å². The van der Waals surface area contributed by atoms with Gasteiger partial charge in [-0.3, -0.25) is 24.0 Å². The van der Waals surface area contributed by atoms with Crippen molar-refractivity contribution in [1.29, 1.82) is 0 Å². The molecule has 0 bridgehead atoms. The largest absolute Gasteiger partial charge is 0.478 e. The van der Waals surface area contributed by atoms with Gasteiger partial charge in [-0.25, -0.2) is 4.79 Å². The fourth-order valence-corrected chi connectivity index (χ4v) is 4.02. The van der Waals surface area contributed by atoms with E-state index in [1.165, 1.54) is 40.7 Å². The van der Waals surface area contributed by atoms with Crippen LogP contribution in [0, 0.1) is 20.8 Å². The number of Topliss-reactive ketones (excluding diaryl/α,β-unsaturated/α-hetero) is 2. The first-order valence-corrected chi connectivity index (χ1v) is 14.0. The first-order valence-electron chi connectivity index (χ1n) is 14.0. The highest BCUT2D eigenvalue weighted by molar-refractivity contribution is 6.01. The Kier molecular flexibility index (Phi) is 23.2. The minimum atomic E-state index is -1.02. The molecule has 0 aliphatic heterocycles. The number of amides is 3. The van der Waals surface area contributed by atoms with Crippen LogP contribution in [0.5, 0.6) is 0 Å². The zero-order valence-electron chi connectivity index (χ0n) is 27.9. The maximum Gasteiger partial charge on any atom is 0.335 e. The van der Waals surface area contributed by atoms with E-state index in [0.29, 0.717) is 27.8 Å². The lowest BCUT2D eigenvalue weighted by molar-refractivity contribution is 0.0695. The standard InChI is InChI=1S/2C12H15NO2.C11H13NO3.4CH4/c2*1-8-5-10(9(2)14)7-11(6-8)12(15)13(3)4;1-7-4-8(10(13)12(2)3)6-9(5-7)11(14)15;;;;/h2*5-7H,1-4H3;4-6H,1-3H3,(H,14,15);4*1H4. The van der Waals surface area contributed by atoms with Crippen LogP contribution >= 0.6 is 0 Å². The minimum absolute atomic E-state index is 0. The van der Waals surface area contributed by atoms with Crippen molar-refractivity contribution in [3.05, 3.63) is 105 Å². The van der Waals surface area contributed by atoms with Crippen LogP contribution in [0.4, 0.5) is 0 Å². The molecule has 0 radical (unpaired) electrons. The van der Waals surface area contributed by atoms with Gasteiger partial charge in [-0.15, -0.1) is 0 Å². The molecule has 0 unspecified atom stereocenters. The molecule has 272 valence electrons. The van der Waals surface area contributed by atoms with Gasteiger partial charge < -0.3 is 19.8 Å². The highest BCUT2D eigenvalue weighted by Crippen LogP contribution is 2.14. The van der Waals surface area contributed by atoms with E-state index in [1.807, 2.05) is 13.8 Å². The third-order valence-corrected chi connectivity index (χ3v) is 6.25. The molecule has 3 amide bonds. The van der Waals surface area contributed by atoms with Crippen LogP contribution in [0.2, 0.25) is 0 Å². The monoisotopic (exact) mass is 681 g/mol. The molecule has 3 rings (SSSR count). The van der Waals surface area contributed by atoms with Crippen LogP contribution < -0.4 is 0 Å². The summed E-state index contributed by atoms with van der Waals surface area (Å²) in [5.74, 6) is -1.42. The Hall–Kier alpha value is -5.12. The number of benzene rings is 3. The summed E-state index contributed by atoms with van der Waals surface area (Å²) >= 11 is 0. The Morgan fingerprint density at radius 2 is 0.612 bits per heavy atom. The fraction of sp³-hybridized carbons (Fsp3) is 0.385. The number of hydrogen-bond donors (Lipinski definition) is 1. The van der Waals surface area contributed by atoms with Crippen LogP contribution in [0.25, 0.3) is 0 Å². The van der Waals surface area contributed by atoms with Gasteiger partial charge in [-0.2, -0.15) is 0 Å². The van der Waals surface area contributed by atoms with Crippen LogP contribution in [0.1, 0.15) is 122 Å². The highest BCUT2D eigenvalue weighted by Gasteiger charge is 2.13. The van der Waals surface area contributed by atoms with Crippen LogP contribution in [-0.4, -0.2) is 97.3 Å². The van der Waals surface area contributed by atoms with Crippen molar-refractivity contribution in [2.75, 3.05) is 42.3 Å². The molecule has 1 N–H and O–H groups in total. The zero-order chi connectivity index (χ0) is 34.8. The summed E-state index contributed by atoms with van der Waals surface area (Å²) in [6, 6.07) is 15.0. The van der Waals surface area contributed by atoms with Crippen LogP contribution in [-0.2, 0) is 0 Å². The van der Waals surface area contributed by atoms with Gasteiger partial charge in [0, 0.05) is 70.1 Å². The molecule has 49 heavy (non-hydrogen) atoms. The number of carboxylic acids is 1. The summed E-state index contributed by atoms with van der Waals surface area (Å²) in [4.78, 5) is 72.6. The van der Waals surface area contributed by atoms with Crippen molar-refractivity contribution in [1.82, 2.24) is 14.7 Å². The van der Waals surface area contributed by atoms with Crippen molar-refractivity contribution >= 4 is 35.3 Å². The van der Waals surface area contributed by atoms with Gasteiger partial charge >= 0.3 is 5.97 Å². The number of ketones is 2. The second-order valence-corrected chi connectivity index (χ2v) is 11.3. The van der Waals surface area contributed by atoms with E-state index in [9.17, 15) is 28.8 Å². The third kappa shape index (κ3) is 16.0. The zero-order valence-corrected chi connectivity index (χ0v) is 27.9. The normalized spacial score (nSPS) is 9.04. The van der Waals surface area contributed by atoms with Crippen molar-refractivity contribution < 1.29 is 33.9 Å². The van der Waals surface area contributed by atoms with E-state index in [4.69, 9.17) is 5.11 Å². The molecule has 3 aromatic rings. The van der Waals surface area contributed by atoms with E-state index in [2.05, 4.69) is 0 Å². The number of carbonyl (C=O) groups excluding carboxylic acids is 5. The van der Waals surface area contributed by atoms with E-state index < -0.39 is 5.97 Å². The first-order chi connectivity index (χ1) is 20.7. The molecular weight excluding hydrogens is 622 g/mol. The smallest absolute Gasteiger partial charge is 0.335 e. The van der Waals surface area contributed by atoms with Crippen LogP contribution in [0.3, 0.4) is 0 Å². The molecule has 0 aliphatic carbocycles. The Morgan fingerprint density at radius 1 is 0.408 bits per heavy atom. The van der Waals surface area contributed by atoms with Gasteiger partial charge in [0.15, 0.2) is 11.6 Å². The quantitative estimate of drug-likeness (QED) is 0.263. The Morgan fingerprint density at radius 3 is 0.816 bits per heavy atom. The number of rotatable bonds is 6. The Bertz CT molecular complexity index is 1420. The van der Waals surface area contributed by atoms with E-state index >= 15 is 0 Å². The van der Waals surface area contributed by atoms with Crippen LogP contribution in [0.15, 0.2) is 54.6 Å². The number of nitrogens with zero attached hydrogens (tertiary/aromatic N) is 3. The number of aryl methyl sites for hydroxylation is 3.